The summed E-state index contributed by atoms with van der Waals surface area (Å²) in [5.41, 5.74) is 1.76. The molecule has 0 amide bonds. The number of benzene rings is 2. The zero-order chi connectivity index (χ0) is 21.8. The minimum absolute atomic E-state index is 0.00404. The number of aromatic carboxylic acids is 1. The van der Waals surface area contributed by atoms with Gasteiger partial charge in [-0.1, -0.05) is 29.8 Å². The number of aliphatic carboxylic acids is 1. The summed E-state index contributed by atoms with van der Waals surface area (Å²) in [7, 11) is 0. The Morgan fingerprint density at radius 1 is 1.10 bits per heavy atom. The van der Waals surface area contributed by atoms with Crippen molar-refractivity contribution in [2.75, 3.05) is 11.9 Å². The average Bonchev–Trinajstić information content (AvgIpc) is 3.04. The molecule has 3 rings (SSSR count). The summed E-state index contributed by atoms with van der Waals surface area (Å²) < 4.78 is 31.4. The Morgan fingerprint density at radius 3 is 2.53 bits per heavy atom. The smallest absolute Gasteiger partial charge is 0.349 e. The number of carboxylic acids is 2. The molecule has 1 heterocycles. The number of hydrogen-bond donors (Lipinski definition) is 3. The molecular weight excluding hydrogens is 440 g/mol. The molecule has 0 saturated heterocycles. The first-order valence-corrected chi connectivity index (χ1v) is 9.64. The van der Waals surface area contributed by atoms with Crippen LogP contribution in [0.1, 0.15) is 15.2 Å². The average molecular weight is 454 g/mol. The van der Waals surface area contributed by atoms with Gasteiger partial charge in [-0.25, -0.2) is 18.4 Å². The molecular formula is C20H14ClF2NO5S. The van der Waals surface area contributed by atoms with Crippen molar-refractivity contribution in [3.8, 4) is 16.2 Å². The maximum atomic E-state index is 13.3. The van der Waals surface area contributed by atoms with E-state index in [4.69, 9.17) is 21.4 Å². The molecule has 3 N–H and O–H groups in total. The van der Waals surface area contributed by atoms with Gasteiger partial charge in [0.2, 0.25) is 0 Å². The van der Waals surface area contributed by atoms with Crippen molar-refractivity contribution in [2.45, 2.75) is 6.54 Å². The quantitative estimate of drug-likeness (QED) is 0.438. The summed E-state index contributed by atoms with van der Waals surface area (Å²) in [6, 6.07) is 10.4. The van der Waals surface area contributed by atoms with Crippen molar-refractivity contribution in [3.63, 3.8) is 0 Å². The fourth-order valence-corrected chi connectivity index (χ4v) is 4.02. The van der Waals surface area contributed by atoms with Gasteiger partial charge in [0.1, 0.15) is 5.02 Å². The molecule has 0 radical (unpaired) electrons. The molecule has 0 atom stereocenters. The van der Waals surface area contributed by atoms with Gasteiger partial charge in [-0.05, 0) is 29.3 Å². The largest absolute Gasteiger partial charge is 0.479 e. The molecule has 10 heteroatoms. The predicted octanol–water partition coefficient (Wildman–Crippen LogP) is 5.12. The minimum atomic E-state index is -1.29. The van der Waals surface area contributed by atoms with Crippen LogP contribution in [0.25, 0.3) is 10.4 Å². The lowest BCUT2D eigenvalue weighted by atomic mass is 10.1. The molecule has 0 fully saturated rings. The third-order valence-corrected chi connectivity index (χ3v) is 5.63. The SMILES string of the molecule is O=C(O)COc1c(C(=O)O)sc(-c2cccc(CNc3ccc(F)c(F)c3)c2)c1Cl. The van der Waals surface area contributed by atoms with E-state index in [0.29, 0.717) is 16.1 Å². The molecule has 0 saturated carbocycles. The Hall–Kier alpha value is -3.17. The Bertz CT molecular complexity index is 1120. The molecule has 30 heavy (non-hydrogen) atoms. The van der Waals surface area contributed by atoms with Gasteiger partial charge >= 0.3 is 11.9 Å². The van der Waals surface area contributed by atoms with Gasteiger partial charge in [0.15, 0.2) is 28.9 Å². The number of thiophene rings is 1. The number of hydrogen-bond acceptors (Lipinski definition) is 5. The van der Waals surface area contributed by atoms with Gasteiger partial charge in [-0.15, -0.1) is 11.3 Å². The molecule has 3 aromatic rings. The Balaban J connectivity index is 1.86. The van der Waals surface area contributed by atoms with E-state index in [2.05, 4.69) is 5.32 Å². The van der Waals surface area contributed by atoms with Gasteiger partial charge in [-0.3, -0.25) is 0 Å². The third-order valence-electron chi connectivity index (χ3n) is 3.95. The normalized spacial score (nSPS) is 10.6. The Morgan fingerprint density at radius 2 is 1.87 bits per heavy atom. The van der Waals surface area contributed by atoms with E-state index in [9.17, 15) is 23.5 Å². The number of halogens is 3. The molecule has 2 aromatic carbocycles. The lowest BCUT2D eigenvalue weighted by Crippen LogP contribution is -2.10. The van der Waals surface area contributed by atoms with Crippen LogP contribution in [0.3, 0.4) is 0 Å². The van der Waals surface area contributed by atoms with E-state index >= 15 is 0 Å². The molecule has 1 aromatic heterocycles. The second kappa shape index (κ2) is 9.10. The zero-order valence-corrected chi connectivity index (χ0v) is 16.7. The van der Waals surface area contributed by atoms with E-state index in [0.717, 1.165) is 29.0 Å². The number of nitrogens with one attached hydrogen (secondary N) is 1. The first-order valence-electron chi connectivity index (χ1n) is 8.44. The highest BCUT2D eigenvalue weighted by Crippen LogP contribution is 2.45. The highest BCUT2D eigenvalue weighted by Gasteiger charge is 2.24. The number of anilines is 1. The first-order chi connectivity index (χ1) is 14.3. The number of carboxylic acid groups (broad SMARTS) is 2. The molecule has 156 valence electrons. The summed E-state index contributed by atoms with van der Waals surface area (Å²) in [4.78, 5) is 22.4. The van der Waals surface area contributed by atoms with Crippen molar-refractivity contribution in [1.29, 1.82) is 0 Å². The van der Waals surface area contributed by atoms with Crippen molar-refractivity contribution in [1.82, 2.24) is 0 Å². The third kappa shape index (κ3) is 4.87. The van der Waals surface area contributed by atoms with Crippen LogP contribution in [-0.2, 0) is 11.3 Å². The van der Waals surface area contributed by atoms with Crippen LogP contribution in [0.15, 0.2) is 42.5 Å². The van der Waals surface area contributed by atoms with Gasteiger partial charge in [-0.2, -0.15) is 0 Å². The standard InChI is InChI=1S/C20H14ClF2NO5S/c21-16-17(29-9-15(25)26)19(20(27)28)30-18(16)11-3-1-2-10(6-11)8-24-12-4-5-13(22)14(23)7-12/h1-7,24H,8-9H2,(H,25,26)(H,27,28). The van der Waals surface area contributed by atoms with Gasteiger partial charge in [0, 0.05) is 18.3 Å². The molecule has 0 aliphatic carbocycles. The molecule has 0 unspecified atom stereocenters. The number of ether oxygens (including phenoxy) is 1. The first kappa shape index (κ1) is 21.5. The van der Waals surface area contributed by atoms with Crippen LogP contribution < -0.4 is 10.1 Å². The maximum absolute atomic E-state index is 13.3. The summed E-state index contributed by atoms with van der Waals surface area (Å²) in [6.45, 7) is -0.440. The molecule has 0 spiro atoms. The van der Waals surface area contributed by atoms with Crippen LogP contribution in [-0.4, -0.2) is 28.8 Å². The zero-order valence-electron chi connectivity index (χ0n) is 15.1. The lowest BCUT2D eigenvalue weighted by molar-refractivity contribution is -0.139. The number of carbonyl (C=O) groups is 2. The molecule has 6 nitrogen and oxygen atoms in total. The summed E-state index contributed by atoms with van der Waals surface area (Å²) in [5.74, 6) is -4.65. The topological polar surface area (TPSA) is 95.9 Å². The van der Waals surface area contributed by atoms with Crippen molar-refractivity contribution in [3.05, 3.63) is 69.6 Å². The summed E-state index contributed by atoms with van der Waals surface area (Å²) >= 11 is 7.15. The van der Waals surface area contributed by atoms with Crippen molar-refractivity contribution >= 4 is 40.6 Å². The van der Waals surface area contributed by atoms with Gasteiger partial charge in [0.25, 0.3) is 0 Å². The predicted molar refractivity (Wildman–Crippen MR) is 109 cm³/mol. The molecule has 0 bridgehead atoms. The van der Waals surface area contributed by atoms with Gasteiger partial charge in [0.05, 0.1) is 4.88 Å². The molecule has 0 aliphatic heterocycles. The van der Waals surface area contributed by atoms with Crippen molar-refractivity contribution < 1.29 is 33.3 Å². The fourth-order valence-electron chi connectivity index (χ4n) is 2.62. The lowest BCUT2D eigenvalue weighted by Gasteiger charge is -2.09. The summed E-state index contributed by atoms with van der Waals surface area (Å²) in [5, 5.41) is 21.1. The highest BCUT2D eigenvalue weighted by molar-refractivity contribution is 7.18. The number of rotatable bonds is 8. The maximum Gasteiger partial charge on any atom is 0.349 e. The van der Waals surface area contributed by atoms with Crippen LogP contribution in [0.4, 0.5) is 14.5 Å². The van der Waals surface area contributed by atoms with Crippen LogP contribution in [0.5, 0.6) is 5.75 Å². The second-order valence-electron chi connectivity index (χ2n) is 6.07. The van der Waals surface area contributed by atoms with E-state index < -0.39 is 30.2 Å². The second-order valence-corrected chi connectivity index (χ2v) is 7.47. The van der Waals surface area contributed by atoms with Crippen LogP contribution in [0.2, 0.25) is 5.02 Å². The van der Waals surface area contributed by atoms with Gasteiger partial charge < -0.3 is 20.3 Å². The van der Waals surface area contributed by atoms with E-state index in [1.165, 1.54) is 6.07 Å². The van der Waals surface area contributed by atoms with Crippen LogP contribution in [0, 0.1) is 11.6 Å². The molecule has 0 aliphatic rings. The Labute approximate surface area is 178 Å². The van der Waals surface area contributed by atoms with Crippen molar-refractivity contribution in [2.24, 2.45) is 0 Å². The summed E-state index contributed by atoms with van der Waals surface area (Å²) in [6.07, 6.45) is 0. The minimum Gasteiger partial charge on any atom is -0.479 e. The van der Waals surface area contributed by atoms with E-state index in [1.807, 2.05) is 0 Å². The fraction of sp³-hybridized carbons (Fsp3) is 0.100. The monoisotopic (exact) mass is 453 g/mol. The van der Waals surface area contributed by atoms with E-state index in [1.54, 1.807) is 24.3 Å². The van der Waals surface area contributed by atoms with E-state index in [-0.39, 0.29) is 22.2 Å². The van der Waals surface area contributed by atoms with Crippen LogP contribution >= 0.6 is 22.9 Å². The highest BCUT2D eigenvalue weighted by atomic mass is 35.5. The Kier molecular flexibility index (Phi) is 6.53.